The van der Waals surface area contributed by atoms with Crippen LogP contribution in [-0.2, 0) is 5.41 Å². The van der Waals surface area contributed by atoms with E-state index >= 15 is 0 Å². The van der Waals surface area contributed by atoms with Gasteiger partial charge in [-0.3, -0.25) is 4.99 Å². The van der Waals surface area contributed by atoms with E-state index < -0.39 is 0 Å². The van der Waals surface area contributed by atoms with Crippen LogP contribution in [0.3, 0.4) is 0 Å². The van der Waals surface area contributed by atoms with E-state index in [0.717, 1.165) is 11.3 Å². The summed E-state index contributed by atoms with van der Waals surface area (Å²) in [5, 5.41) is 0. The Morgan fingerprint density at radius 2 is 1.60 bits per heavy atom. The van der Waals surface area contributed by atoms with E-state index in [9.17, 15) is 0 Å². The number of hydrogen-bond acceptors (Lipinski definition) is 1. The van der Waals surface area contributed by atoms with Gasteiger partial charge in [-0.2, -0.15) is 0 Å². The first kappa shape index (κ1) is 16.7. The summed E-state index contributed by atoms with van der Waals surface area (Å²) < 4.78 is 0. The van der Waals surface area contributed by atoms with Crippen molar-refractivity contribution in [3.8, 4) is 0 Å². The van der Waals surface area contributed by atoms with Crippen LogP contribution >= 0.6 is 0 Å². The molecule has 0 atom stereocenters. The number of benzene rings is 1. The van der Waals surface area contributed by atoms with Gasteiger partial charge < -0.3 is 0 Å². The third kappa shape index (κ3) is 4.06. The predicted octanol–water partition coefficient (Wildman–Crippen LogP) is 5.91. The monoisotopic (exact) mass is 271 g/mol. The van der Waals surface area contributed by atoms with Gasteiger partial charge in [0.2, 0.25) is 0 Å². The van der Waals surface area contributed by atoms with Gasteiger partial charge in [-0.15, -0.1) is 0 Å². The lowest BCUT2D eigenvalue weighted by Crippen LogP contribution is -2.11. The van der Waals surface area contributed by atoms with Gasteiger partial charge in [-0.05, 0) is 53.0 Å². The first-order valence-corrected chi connectivity index (χ1v) is 7.28. The largest absolute Gasteiger partial charge is 0.256 e. The van der Waals surface area contributed by atoms with Crippen LogP contribution in [-0.4, -0.2) is 6.21 Å². The van der Waals surface area contributed by atoms with Gasteiger partial charge in [0.15, 0.2) is 0 Å². The maximum Gasteiger partial charge on any atom is 0.0664 e. The molecule has 1 aromatic rings. The maximum atomic E-state index is 4.68. The number of hydrogen-bond donors (Lipinski definition) is 0. The molecule has 0 fully saturated rings. The van der Waals surface area contributed by atoms with Crippen molar-refractivity contribution in [1.29, 1.82) is 0 Å². The zero-order valence-electron chi connectivity index (χ0n) is 14.4. The summed E-state index contributed by atoms with van der Waals surface area (Å²) in [6.45, 7) is 21.6. The summed E-state index contributed by atoms with van der Waals surface area (Å²) in [6.07, 6.45) is 1.91. The van der Waals surface area contributed by atoms with Gasteiger partial charge >= 0.3 is 0 Å². The molecule has 0 N–H and O–H groups in total. The number of allylic oxidation sites excluding steroid dienone is 1. The average molecular weight is 271 g/mol. The van der Waals surface area contributed by atoms with E-state index in [-0.39, 0.29) is 10.8 Å². The standard InChI is InChI=1S/C19H29N/c1-13-10-16(19(7,8)9)11-17(15(13)3)20-12-14(2)18(4,5)6/h10-12H,2H2,1,3-9H3. The van der Waals surface area contributed by atoms with E-state index in [1.165, 1.54) is 16.7 Å². The third-order valence-corrected chi connectivity index (χ3v) is 3.83. The van der Waals surface area contributed by atoms with Gasteiger partial charge in [0.25, 0.3) is 0 Å². The Bertz CT molecular complexity index is 534. The molecule has 0 aromatic heterocycles. The Hall–Kier alpha value is -1.37. The summed E-state index contributed by atoms with van der Waals surface area (Å²) in [5.74, 6) is 0. The van der Waals surface area contributed by atoms with E-state index in [1.54, 1.807) is 0 Å². The highest BCUT2D eigenvalue weighted by molar-refractivity contribution is 5.82. The summed E-state index contributed by atoms with van der Waals surface area (Å²) in [4.78, 5) is 4.68. The number of aliphatic imine (C=N–C) groups is 1. The Labute approximate surface area is 124 Å². The molecule has 110 valence electrons. The lowest BCUT2D eigenvalue weighted by Gasteiger charge is -2.22. The Morgan fingerprint density at radius 3 is 2.05 bits per heavy atom. The smallest absolute Gasteiger partial charge is 0.0664 e. The van der Waals surface area contributed by atoms with Gasteiger partial charge in [-0.25, -0.2) is 0 Å². The highest BCUT2D eigenvalue weighted by Crippen LogP contribution is 2.31. The van der Waals surface area contributed by atoms with Crippen molar-refractivity contribution in [2.75, 3.05) is 0 Å². The minimum atomic E-state index is 0.0636. The Kier molecular flexibility index (Phi) is 4.63. The molecule has 1 heteroatoms. The van der Waals surface area contributed by atoms with E-state index in [1.807, 2.05) is 6.21 Å². The molecule has 0 unspecified atom stereocenters. The average Bonchev–Trinajstić information content (AvgIpc) is 2.27. The van der Waals surface area contributed by atoms with Gasteiger partial charge in [0.05, 0.1) is 5.69 Å². The number of nitrogens with zero attached hydrogens (tertiary/aromatic N) is 1. The van der Waals surface area contributed by atoms with Crippen LogP contribution < -0.4 is 0 Å². The molecule has 1 aromatic carbocycles. The molecule has 0 saturated carbocycles. The van der Waals surface area contributed by atoms with Crippen molar-refractivity contribution < 1.29 is 0 Å². The quantitative estimate of drug-likeness (QED) is 0.593. The molecule has 1 nitrogen and oxygen atoms in total. The lowest BCUT2D eigenvalue weighted by atomic mass is 9.85. The van der Waals surface area contributed by atoms with E-state index in [2.05, 4.69) is 79.1 Å². The molecule has 0 amide bonds. The SMILES string of the molecule is C=C(C=Nc1cc(C(C)(C)C)cc(C)c1C)C(C)(C)C. The zero-order valence-corrected chi connectivity index (χ0v) is 14.4. The van der Waals surface area contributed by atoms with Crippen molar-refractivity contribution in [3.63, 3.8) is 0 Å². The second kappa shape index (κ2) is 5.55. The third-order valence-electron chi connectivity index (χ3n) is 3.83. The summed E-state index contributed by atoms with van der Waals surface area (Å²) in [6, 6.07) is 4.47. The zero-order chi connectivity index (χ0) is 15.7. The van der Waals surface area contributed by atoms with Crippen LogP contribution in [0.2, 0.25) is 0 Å². The molecule has 1 rings (SSSR count). The van der Waals surface area contributed by atoms with Crippen molar-refractivity contribution >= 4 is 11.9 Å². The first-order valence-electron chi connectivity index (χ1n) is 7.28. The first-order chi connectivity index (χ1) is 8.93. The van der Waals surface area contributed by atoms with Gasteiger partial charge in [0, 0.05) is 6.21 Å². The molecule has 0 aliphatic carbocycles. The molecule has 0 bridgehead atoms. The second-order valence-electron chi connectivity index (χ2n) is 7.72. The molecular formula is C19H29N. The summed E-state index contributed by atoms with van der Waals surface area (Å²) >= 11 is 0. The van der Waals surface area contributed by atoms with Crippen LogP contribution in [0.1, 0.15) is 58.2 Å². The summed E-state index contributed by atoms with van der Waals surface area (Å²) in [7, 11) is 0. The number of aryl methyl sites for hydroxylation is 1. The molecule has 0 saturated heterocycles. The van der Waals surface area contributed by atoms with E-state index in [0.29, 0.717) is 0 Å². The van der Waals surface area contributed by atoms with Crippen molar-refractivity contribution in [2.45, 2.75) is 60.8 Å². The van der Waals surface area contributed by atoms with Crippen LogP contribution in [0.4, 0.5) is 5.69 Å². The van der Waals surface area contributed by atoms with E-state index in [4.69, 9.17) is 0 Å². The van der Waals surface area contributed by atoms with Crippen molar-refractivity contribution in [2.24, 2.45) is 10.4 Å². The Morgan fingerprint density at radius 1 is 1.05 bits per heavy atom. The lowest BCUT2D eigenvalue weighted by molar-refractivity contribution is 0.528. The van der Waals surface area contributed by atoms with Crippen LogP contribution in [0.15, 0.2) is 29.3 Å². The highest BCUT2D eigenvalue weighted by Gasteiger charge is 2.17. The minimum Gasteiger partial charge on any atom is -0.256 e. The molecule has 0 aliphatic rings. The normalized spacial score (nSPS) is 13.0. The second-order valence-corrected chi connectivity index (χ2v) is 7.72. The topological polar surface area (TPSA) is 12.4 Å². The fourth-order valence-electron chi connectivity index (χ4n) is 1.75. The molecule has 0 aliphatic heterocycles. The van der Waals surface area contributed by atoms with Crippen LogP contribution in [0, 0.1) is 19.3 Å². The molecule has 0 radical (unpaired) electrons. The van der Waals surface area contributed by atoms with Gasteiger partial charge in [0.1, 0.15) is 0 Å². The Balaban J connectivity index is 3.22. The van der Waals surface area contributed by atoms with Crippen molar-refractivity contribution in [1.82, 2.24) is 0 Å². The van der Waals surface area contributed by atoms with Crippen LogP contribution in [0.25, 0.3) is 0 Å². The fraction of sp³-hybridized carbons (Fsp3) is 0.526. The van der Waals surface area contributed by atoms with Crippen LogP contribution in [0.5, 0.6) is 0 Å². The molecule has 0 spiro atoms. The molecular weight excluding hydrogens is 242 g/mol. The molecule has 0 heterocycles. The summed E-state index contributed by atoms with van der Waals surface area (Å²) in [5.41, 5.74) is 6.18. The molecule has 20 heavy (non-hydrogen) atoms. The predicted molar refractivity (Wildman–Crippen MR) is 91.4 cm³/mol. The number of rotatable bonds is 2. The highest BCUT2D eigenvalue weighted by atomic mass is 14.7. The van der Waals surface area contributed by atoms with Gasteiger partial charge in [-0.1, -0.05) is 54.2 Å². The minimum absolute atomic E-state index is 0.0636. The maximum absolute atomic E-state index is 4.68. The fourth-order valence-corrected chi connectivity index (χ4v) is 1.75. The van der Waals surface area contributed by atoms with Crippen molar-refractivity contribution in [3.05, 3.63) is 41.0 Å².